The molecule has 0 atom stereocenters. The van der Waals surface area contributed by atoms with Gasteiger partial charge in [0.05, 0.1) is 12.9 Å². The minimum absolute atomic E-state index is 0.250. The quantitative estimate of drug-likeness (QED) is 0.756. The first-order chi connectivity index (χ1) is 9.11. The summed E-state index contributed by atoms with van der Waals surface area (Å²) in [5, 5.41) is 0.698. The minimum Gasteiger partial charge on any atom is -0.496 e. The molecule has 1 aliphatic carbocycles. The molecule has 1 fully saturated rings. The van der Waals surface area contributed by atoms with E-state index in [9.17, 15) is 4.79 Å². The number of thioether (sulfide) groups is 1. The van der Waals surface area contributed by atoms with Crippen LogP contribution in [0.15, 0.2) is 12.1 Å². The summed E-state index contributed by atoms with van der Waals surface area (Å²) >= 11 is 1.83. The molecule has 1 saturated carbocycles. The Balaban J connectivity index is 2.03. The van der Waals surface area contributed by atoms with Crippen LogP contribution in [0.3, 0.4) is 0 Å². The first-order valence-electron chi connectivity index (χ1n) is 6.92. The Bertz CT molecular complexity index is 462. The van der Waals surface area contributed by atoms with Crippen LogP contribution in [0.25, 0.3) is 0 Å². The van der Waals surface area contributed by atoms with E-state index in [0.717, 1.165) is 22.4 Å². The van der Waals surface area contributed by atoms with Gasteiger partial charge in [0.15, 0.2) is 5.78 Å². The predicted molar refractivity (Wildman–Crippen MR) is 81.5 cm³/mol. The number of Topliss-reactive ketones (excluding diaryl/α,β-unsaturated/α-hetero) is 1. The van der Waals surface area contributed by atoms with Crippen molar-refractivity contribution in [2.24, 2.45) is 0 Å². The van der Waals surface area contributed by atoms with Crippen LogP contribution in [-0.4, -0.2) is 23.9 Å². The molecule has 1 aromatic carbocycles. The van der Waals surface area contributed by atoms with E-state index in [1.165, 1.54) is 25.7 Å². The number of benzene rings is 1. The monoisotopic (exact) mass is 278 g/mol. The maximum Gasteiger partial charge on any atom is 0.173 e. The molecule has 0 N–H and O–H groups in total. The molecule has 3 heteroatoms. The average Bonchev–Trinajstić information content (AvgIpc) is 2.91. The highest BCUT2D eigenvalue weighted by Gasteiger charge is 2.18. The van der Waals surface area contributed by atoms with Gasteiger partial charge in [0.2, 0.25) is 0 Å². The average molecular weight is 278 g/mol. The molecule has 104 valence electrons. The van der Waals surface area contributed by atoms with Crippen molar-refractivity contribution in [1.82, 2.24) is 0 Å². The van der Waals surface area contributed by atoms with Crippen LogP contribution in [0.1, 0.15) is 47.2 Å². The van der Waals surface area contributed by atoms with Crippen molar-refractivity contribution in [2.45, 2.75) is 44.8 Å². The van der Waals surface area contributed by atoms with Gasteiger partial charge in [-0.15, -0.1) is 0 Å². The van der Waals surface area contributed by atoms with Gasteiger partial charge in [-0.3, -0.25) is 4.79 Å². The zero-order chi connectivity index (χ0) is 13.8. The van der Waals surface area contributed by atoms with Gasteiger partial charge in [-0.25, -0.2) is 0 Å². The fourth-order valence-electron chi connectivity index (χ4n) is 2.64. The first kappa shape index (κ1) is 14.4. The molecule has 2 nitrogen and oxygen atoms in total. The second kappa shape index (κ2) is 6.47. The number of methoxy groups -OCH3 is 1. The van der Waals surface area contributed by atoms with E-state index in [1.807, 2.05) is 37.7 Å². The molecule has 0 aromatic heterocycles. The number of rotatable bonds is 5. The molecule has 1 aromatic rings. The lowest BCUT2D eigenvalue weighted by molar-refractivity contribution is 0.102. The van der Waals surface area contributed by atoms with E-state index >= 15 is 0 Å². The van der Waals surface area contributed by atoms with Crippen molar-refractivity contribution in [1.29, 1.82) is 0 Å². The van der Waals surface area contributed by atoms with Crippen LogP contribution < -0.4 is 4.74 Å². The number of carbonyl (C=O) groups is 1. The Labute approximate surface area is 119 Å². The van der Waals surface area contributed by atoms with Crippen molar-refractivity contribution in [3.05, 3.63) is 28.8 Å². The van der Waals surface area contributed by atoms with E-state index in [4.69, 9.17) is 4.74 Å². The second-order valence-electron chi connectivity index (χ2n) is 5.28. The Kier molecular flexibility index (Phi) is 4.92. The van der Waals surface area contributed by atoms with Crippen LogP contribution >= 0.6 is 11.8 Å². The lowest BCUT2D eigenvalue weighted by atomic mass is 10.0. The Morgan fingerprint density at radius 2 is 1.95 bits per heavy atom. The molecule has 19 heavy (non-hydrogen) atoms. The first-order valence-corrected chi connectivity index (χ1v) is 7.96. The van der Waals surface area contributed by atoms with E-state index in [2.05, 4.69) is 0 Å². The summed E-state index contributed by atoms with van der Waals surface area (Å²) in [6.45, 7) is 3.97. The largest absolute Gasteiger partial charge is 0.496 e. The summed E-state index contributed by atoms with van der Waals surface area (Å²) < 4.78 is 5.29. The molecule has 0 saturated heterocycles. The lowest BCUT2D eigenvalue weighted by Gasteiger charge is -2.12. The maximum atomic E-state index is 12.3. The fraction of sp³-hybridized carbons (Fsp3) is 0.562. The molecule has 1 aliphatic rings. The van der Waals surface area contributed by atoms with Gasteiger partial charge in [-0.1, -0.05) is 12.8 Å². The van der Waals surface area contributed by atoms with E-state index in [1.54, 1.807) is 7.11 Å². The fourth-order valence-corrected chi connectivity index (χ4v) is 3.85. The number of ether oxygens (including phenoxy) is 1. The maximum absolute atomic E-state index is 12.3. The highest BCUT2D eigenvalue weighted by molar-refractivity contribution is 8.00. The molecule has 0 bridgehead atoms. The molecule has 0 spiro atoms. The van der Waals surface area contributed by atoms with Crippen molar-refractivity contribution >= 4 is 17.5 Å². The summed E-state index contributed by atoms with van der Waals surface area (Å²) in [6, 6.07) is 3.93. The molecular weight excluding hydrogens is 256 g/mol. The SMILES string of the molecule is COc1cc(C)c(C(=O)CSC2CCCC2)cc1C. The molecule has 0 aliphatic heterocycles. The summed E-state index contributed by atoms with van der Waals surface area (Å²) in [6.07, 6.45) is 5.20. The van der Waals surface area contributed by atoms with Gasteiger partial charge < -0.3 is 4.74 Å². The van der Waals surface area contributed by atoms with Crippen molar-refractivity contribution in [3.63, 3.8) is 0 Å². The zero-order valence-electron chi connectivity index (χ0n) is 12.0. The predicted octanol–water partition coefficient (Wildman–Crippen LogP) is 4.17. The van der Waals surface area contributed by atoms with Crippen molar-refractivity contribution in [2.75, 3.05) is 12.9 Å². The Hall–Kier alpha value is -0.960. The third-order valence-corrected chi connectivity index (χ3v) is 5.17. The van der Waals surface area contributed by atoms with Gasteiger partial charge in [0.1, 0.15) is 5.75 Å². The second-order valence-corrected chi connectivity index (χ2v) is 6.57. The van der Waals surface area contributed by atoms with Crippen LogP contribution in [0, 0.1) is 13.8 Å². The zero-order valence-corrected chi connectivity index (χ0v) is 12.8. The van der Waals surface area contributed by atoms with Crippen molar-refractivity contribution < 1.29 is 9.53 Å². The summed E-state index contributed by atoms with van der Waals surface area (Å²) in [5.41, 5.74) is 2.89. The number of ketones is 1. The third-order valence-electron chi connectivity index (χ3n) is 3.79. The molecule has 0 unspecified atom stereocenters. The van der Waals surface area contributed by atoms with Gasteiger partial charge in [0.25, 0.3) is 0 Å². The Morgan fingerprint density at radius 3 is 2.58 bits per heavy atom. The standard InChI is InChI=1S/C16H22O2S/c1-11-9-16(18-3)12(2)8-14(11)15(17)10-19-13-6-4-5-7-13/h8-9,13H,4-7,10H2,1-3H3. The van der Waals surface area contributed by atoms with Gasteiger partial charge >= 0.3 is 0 Å². The number of hydrogen-bond donors (Lipinski definition) is 0. The highest BCUT2D eigenvalue weighted by atomic mass is 32.2. The molecule has 0 amide bonds. The minimum atomic E-state index is 0.250. The lowest BCUT2D eigenvalue weighted by Crippen LogP contribution is -2.09. The van der Waals surface area contributed by atoms with Crippen LogP contribution in [0.4, 0.5) is 0 Å². The third kappa shape index (κ3) is 3.53. The van der Waals surface area contributed by atoms with Gasteiger partial charge in [0, 0.05) is 10.8 Å². The normalized spacial score (nSPS) is 15.7. The van der Waals surface area contributed by atoms with E-state index < -0.39 is 0 Å². The highest BCUT2D eigenvalue weighted by Crippen LogP contribution is 2.30. The summed E-state index contributed by atoms with van der Waals surface area (Å²) in [5.74, 6) is 1.72. The van der Waals surface area contributed by atoms with Gasteiger partial charge in [-0.05, 0) is 49.9 Å². The molecule has 2 rings (SSSR count). The smallest absolute Gasteiger partial charge is 0.173 e. The van der Waals surface area contributed by atoms with Gasteiger partial charge in [-0.2, -0.15) is 11.8 Å². The van der Waals surface area contributed by atoms with E-state index in [0.29, 0.717) is 11.0 Å². The van der Waals surface area contributed by atoms with Crippen LogP contribution in [0.2, 0.25) is 0 Å². The Morgan fingerprint density at radius 1 is 1.26 bits per heavy atom. The van der Waals surface area contributed by atoms with Crippen LogP contribution in [0.5, 0.6) is 5.75 Å². The number of aryl methyl sites for hydroxylation is 2. The number of hydrogen-bond acceptors (Lipinski definition) is 3. The molecule has 0 heterocycles. The summed E-state index contributed by atoms with van der Waals surface area (Å²) in [7, 11) is 1.67. The summed E-state index contributed by atoms with van der Waals surface area (Å²) in [4.78, 5) is 12.3. The van der Waals surface area contributed by atoms with Crippen molar-refractivity contribution in [3.8, 4) is 5.75 Å². The van der Waals surface area contributed by atoms with Crippen LogP contribution in [-0.2, 0) is 0 Å². The molecular formula is C16H22O2S. The number of carbonyl (C=O) groups excluding carboxylic acids is 1. The molecule has 0 radical (unpaired) electrons. The topological polar surface area (TPSA) is 26.3 Å². The van der Waals surface area contributed by atoms with E-state index in [-0.39, 0.29) is 5.78 Å².